The highest BCUT2D eigenvalue weighted by Crippen LogP contribution is 2.31. The number of nitrogens with one attached hydrogen (secondary N) is 1. The summed E-state index contributed by atoms with van der Waals surface area (Å²) < 4.78 is 38.8. The number of ether oxygens (including phenoxy) is 2. The predicted molar refractivity (Wildman–Crippen MR) is 130 cm³/mol. The Bertz CT molecular complexity index is 1240. The minimum Gasteiger partial charge on any atom is -0.497 e. The van der Waals surface area contributed by atoms with Gasteiger partial charge in [0.2, 0.25) is 10.0 Å². The Hall–Kier alpha value is -3.69. The molecule has 0 aliphatic carbocycles. The van der Waals surface area contributed by atoms with Crippen LogP contribution in [-0.2, 0) is 21.4 Å². The Morgan fingerprint density at radius 1 is 1.00 bits per heavy atom. The number of hydrogen-bond acceptors (Lipinski definition) is 6. The first-order valence-corrected chi connectivity index (χ1v) is 11.9. The summed E-state index contributed by atoms with van der Waals surface area (Å²) in [5.41, 5.74) is 5.04. The molecule has 0 atom stereocenters. The van der Waals surface area contributed by atoms with Gasteiger partial charge in [0, 0.05) is 12.6 Å². The zero-order chi connectivity index (χ0) is 24.6. The van der Waals surface area contributed by atoms with E-state index in [-0.39, 0.29) is 17.2 Å². The summed E-state index contributed by atoms with van der Waals surface area (Å²) in [6, 6.07) is 21.1. The topological polar surface area (TPSA) is 97.3 Å². The highest BCUT2D eigenvalue weighted by molar-refractivity contribution is 7.89. The summed E-state index contributed by atoms with van der Waals surface area (Å²) in [6.45, 7) is 1.52. The Kier molecular flexibility index (Phi) is 8.39. The van der Waals surface area contributed by atoms with E-state index in [4.69, 9.17) is 9.47 Å². The largest absolute Gasteiger partial charge is 0.497 e. The van der Waals surface area contributed by atoms with E-state index in [2.05, 4.69) is 10.5 Å². The Morgan fingerprint density at radius 2 is 1.71 bits per heavy atom. The van der Waals surface area contributed by atoms with Gasteiger partial charge in [-0.2, -0.15) is 9.41 Å². The maximum absolute atomic E-state index is 13.6. The molecule has 0 aliphatic rings. The van der Waals surface area contributed by atoms with Gasteiger partial charge >= 0.3 is 0 Å². The molecule has 1 amide bonds. The maximum atomic E-state index is 13.6. The van der Waals surface area contributed by atoms with Crippen molar-refractivity contribution in [3.8, 4) is 11.5 Å². The van der Waals surface area contributed by atoms with Gasteiger partial charge in [-0.3, -0.25) is 4.79 Å². The summed E-state index contributed by atoms with van der Waals surface area (Å²) in [5.74, 6) is -0.0763. The first kappa shape index (κ1) is 24.9. The van der Waals surface area contributed by atoms with Crippen LogP contribution in [0.4, 0.5) is 0 Å². The quantitative estimate of drug-likeness (QED) is 0.354. The average Bonchev–Trinajstić information content (AvgIpc) is 2.85. The van der Waals surface area contributed by atoms with Crippen LogP contribution in [0.15, 0.2) is 82.8 Å². The van der Waals surface area contributed by atoms with Crippen LogP contribution in [0.2, 0.25) is 0 Å². The van der Waals surface area contributed by atoms with E-state index in [1.165, 1.54) is 32.6 Å². The fourth-order valence-electron chi connectivity index (χ4n) is 3.16. The number of sulfonamides is 1. The number of hydrazone groups is 1. The van der Waals surface area contributed by atoms with Crippen LogP contribution < -0.4 is 14.9 Å². The van der Waals surface area contributed by atoms with Crippen LogP contribution in [-0.4, -0.2) is 45.6 Å². The van der Waals surface area contributed by atoms with Crippen molar-refractivity contribution >= 4 is 22.1 Å². The molecule has 0 fully saturated rings. The Balaban J connectivity index is 1.86. The molecule has 9 heteroatoms. The lowest BCUT2D eigenvalue weighted by Gasteiger charge is -2.23. The lowest BCUT2D eigenvalue weighted by molar-refractivity contribution is -0.121. The van der Waals surface area contributed by atoms with Crippen molar-refractivity contribution in [1.29, 1.82) is 0 Å². The summed E-state index contributed by atoms with van der Waals surface area (Å²) in [5, 5.41) is 3.96. The third-order valence-corrected chi connectivity index (χ3v) is 6.80. The molecule has 0 spiro atoms. The minimum atomic E-state index is -4.14. The number of aryl methyl sites for hydroxylation is 1. The second-order valence-electron chi connectivity index (χ2n) is 7.48. The second-order valence-corrected chi connectivity index (χ2v) is 9.39. The number of carbonyl (C=O) groups is 1. The smallest absolute Gasteiger partial charge is 0.255 e. The monoisotopic (exact) mass is 481 g/mol. The van der Waals surface area contributed by atoms with Gasteiger partial charge in [0.25, 0.3) is 5.91 Å². The fraction of sp³-hybridized carbons (Fsp3) is 0.200. The van der Waals surface area contributed by atoms with E-state index in [1.807, 2.05) is 37.3 Å². The Morgan fingerprint density at radius 3 is 2.35 bits per heavy atom. The van der Waals surface area contributed by atoms with E-state index >= 15 is 0 Å². The molecule has 0 saturated carbocycles. The number of methoxy groups -OCH3 is 2. The third kappa shape index (κ3) is 6.43. The first-order chi connectivity index (χ1) is 16.3. The van der Waals surface area contributed by atoms with Gasteiger partial charge in [-0.1, -0.05) is 60.2 Å². The molecule has 0 bridgehead atoms. The van der Waals surface area contributed by atoms with Gasteiger partial charge in [0.05, 0.1) is 27.0 Å². The van der Waals surface area contributed by atoms with Crippen LogP contribution in [0, 0.1) is 6.92 Å². The van der Waals surface area contributed by atoms with Crippen LogP contribution in [0.3, 0.4) is 0 Å². The molecule has 3 rings (SSSR count). The molecular weight excluding hydrogens is 454 g/mol. The van der Waals surface area contributed by atoms with Crippen molar-refractivity contribution in [1.82, 2.24) is 9.73 Å². The summed E-state index contributed by atoms with van der Waals surface area (Å²) in [7, 11) is -1.31. The highest BCUT2D eigenvalue weighted by Gasteiger charge is 2.30. The average molecular weight is 482 g/mol. The molecular formula is C25H27N3O5S. The van der Waals surface area contributed by atoms with E-state index in [1.54, 1.807) is 30.3 Å². The molecule has 8 nitrogen and oxygen atoms in total. The molecule has 34 heavy (non-hydrogen) atoms. The van der Waals surface area contributed by atoms with Crippen molar-refractivity contribution in [2.45, 2.75) is 18.4 Å². The molecule has 3 aromatic rings. The normalized spacial score (nSPS) is 11.5. The number of carbonyl (C=O) groups excluding carboxylic acids is 1. The van der Waals surface area contributed by atoms with Gasteiger partial charge in [-0.15, -0.1) is 0 Å². The lowest BCUT2D eigenvalue weighted by Crippen LogP contribution is -2.39. The second kappa shape index (κ2) is 11.4. The summed E-state index contributed by atoms with van der Waals surface area (Å²) in [6.07, 6.45) is 1.50. The van der Waals surface area contributed by atoms with Crippen molar-refractivity contribution in [2.75, 3.05) is 20.8 Å². The van der Waals surface area contributed by atoms with Gasteiger partial charge in [-0.25, -0.2) is 13.8 Å². The van der Waals surface area contributed by atoms with Gasteiger partial charge in [0.15, 0.2) is 0 Å². The van der Waals surface area contributed by atoms with Crippen LogP contribution in [0.1, 0.15) is 16.7 Å². The molecule has 0 unspecified atom stereocenters. The summed E-state index contributed by atoms with van der Waals surface area (Å²) in [4.78, 5) is 12.6. The van der Waals surface area contributed by atoms with Crippen molar-refractivity contribution in [2.24, 2.45) is 5.10 Å². The summed E-state index contributed by atoms with van der Waals surface area (Å²) >= 11 is 0. The lowest BCUT2D eigenvalue weighted by atomic mass is 10.2. The van der Waals surface area contributed by atoms with Crippen LogP contribution in [0.5, 0.6) is 11.5 Å². The van der Waals surface area contributed by atoms with Gasteiger partial charge in [0.1, 0.15) is 16.4 Å². The number of amides is 1. The molecule has 0 saturated heterocycles. The number of benzene rings is 3. The van der Waals surface area contributed by atoms with Gasteiger partial charge in [-0.05, 0) is 30.2 Å². The van der Waals surface area contributed by atoms with Crippen molar-refractivity contribution in [3.05, 3.63) is 89.5 Å². The van der Waals surface area contributed by atoms with Crippen LogP contribution >= 0.6 is 0 Å². The first-order valence-electron chi connectivity index (χ1n) is 10.5. The van der Waals surface area contributed by atoms with E-state index < -0.39 is 22.5 Å². The molecule has 0 heterocycles. The SMILES string of the molecule is COc1ccc(OC)c(S(=O)(=O)N(CC(=O)NN=Cc2ccc(C)cc2)Cc2ccccc2)c1. The maximum Gasteiger partial charge on any atom is 0.255 e. The number of rotatable bonds is 10. The zero-order valence-corrected chi connectivity index (χ0v) is 20.1. The Labute approximate surface area is 199 Å². The van der Waals surface area contributed by atoms with Gasteiger partial charge < -0.3 is 9.47 Å². The van der Waals surface area contributed by atoms with Crippen molar-refractivity contribution in [3.63, 3.8) is 0 Å². The third-order valence-electron chi connectivity index (χ3n) is 4.99. The number of nitrogens with zero attached hydrogens (tertiary/aromatic N) is 2. The number of hydrogen-bond donors (Lipinski definition) is 1. The molecule has 3 aromatic carbocycles. The van der Waals surface area contributed by atoms with E-state index in [0.717, 1.165) is 21.0 Å². The predicted octanol–water partition coefficient (Wildman–Crippen LogP) is 3.35. The van der Waals surface area contributed by atoms with Crippen LogP contribution in [0.25, 0.3) is 0 Å². The van der Waals surface area contributed by atoms with Crippen molar-refractivity contribution < 1.29 is 22.7 Å². The molecule has 0 aliphatic heterocycles. The standard InChI is InChI=1S/C25H27N3O5S/c1-19-9-11-20(12-10-19)16-26-27-25(29)18-28(17-21-7-5-4-6-8-21)34(30,31)24-15-22(32-2)13-14-23(24)33-3/h4-16H,17-18H2,1-3H3,(H,27,29). The zero-order valence-electron chi connectivity index (χ0n) is 19.3. The molecule has 1 N–H and O–H groups in total. The van der Waals surface area contributed by atoms with E-state index in [0.29, 0.717) is 5.75 Å². The minimum absolute atomic E-state index is 0.0152. The molecule has 0 aromatic heterocycles. The highest BCUT2D eigenvalue weighted by atomic mass is 32.2. The van der Waals surface area contributed by atoms with E-state index in [9.17, 15) is 13.2 Å². The molecule has 0 radical (unpaired) electrons. The fourth-order valence-corrected chi connectivity index (χ4v) is 4.72. The molecule has 178 valence electrons.